The molecule has 3 nitrogen and oxygen atoms in total. The van der Waals surface area contributed by atoms with Gasteiger partial charge in [0.1, 0.15) is 5.82 Å². The fourth-order valence-electron chi connectivity index (χ4n) is 1.82. The Kier molecular flexibility index (Phi) is 4.35. The summed E-state index contributed by atoms with van der Waals surface area (Å²) in [6.45, 7) is 3.81. The molecule has 0 spiro atoms. The zero-order valence-electron chi connectivity index (χ0n) is 11.5. The second kappa shape index (κ2) is 6.19. The normalized spacial score (nSPS) is 10.2. The Morgan fingerprint density at radius 3 is 2.35 bits per heavy atom. The van der Waals surface area contributed by atoms with Gasteiger partial charge in [-0.05, 0) is 42.3 Å². The van der Waals surface area contributed by atoms with E-state index in [2.05, 4.69) is 10.6 Å². The van der Waals surface area contributed by atoms with Gasteiger partial charge >= 0.3 is 0 Å². The van der Waals surface area contributed by atoms with E-state index >= 15 is 0 Å². The largest absolute Gasteiger partial charge is 0.381 e. The Balaban J connectivity index is 1.96. The van der Waals surface area contributed by atoms with E-state index in [1.54, 1.807) is 13.0 Å². The van der Waals surface area contributed by atoms with Crippen molar-refractivity contribution in [1.29, 1.82) is 0 Å². The first-order valence-corrected chi connectivity index (χ1v) is 6.41. The minimum absolute atomic E-state index is 0.0917. The fraction of sp³-hybridized carbons (Fsp3) is 0.188. The average molecular weight is 272 g/mol. The third kappa shape index (κ3) is 3.82. The Morgan fingerprint density at radius 1 is 1.10 bits per heavy atom. The Labute approximate surface area is 117 Å². The first-order valence-electron chi connectivity index (χ1n) is 6.41. The SMILES string of the molecule is CC(=O)Nc1ccc(CNc2ccc(C)c(F)c2)cc1. The monoisotopic (exact) mass is 272 g/mol. The van der Waals surface area contributed by atoms with Crippen molar-refractivity contribution in [3.63, 3.8) is 0 Å². The third-order valence-electron chi connectivity index (χ3n) is 2.94. The number of nitrogens with one attached hydrogen (secondary N) is 2. The molecule has 0 radical (unpaired) electrons. The molecule has 20 heavy (non-hydrogen) atoms. The van der Waals surface area contributed by atoms with E-state index < -0.39 is 0 Å². The quantitative estimate of drug-likeness (QED) is 0.891. The molecule has 0 unspecified atom stereocenters. The maximum Gasteiger partial charge on any atom is 0.221 e. The molecule has 0 aliphatic heterocycles. The smallest absolute Gasteiger partial charge is 0.221 e. The molecule has 0 aliphatic carbocycles. The first-order chi connectivity index (χ1) is 9.54. The summed E-state index contributed by atoms with van der Waals surface area (Å²) in [6.07, 6.45) is 0. The molecule has 0 saturated carbocycles. The van der Waals surface area contributed by atoms with E-state index in [0.29, 0.717) is 12.1 Å². The lowest BCUT2D eigenvalue weighted by Crippen LogP contribution is -2.06. The van der Waals surface area contributed by atoms with Gasteiger partial charge in [-0.15, -0.1) is 0 Å². The predicted octanol–water partition coefficient (Wildman–Crippen LogP) is 3.70. The van der Waals surface area contributed by atoms with Crippen LogP contribution in [0.1, 0.15) is 18.1 Å². The molecule has 2 aromatic rings. The van der Waals surface area contributed by atoms with Crippen LogP contribution in [0.5, 0.6) is 0 Å². The molecule has 0 bridgehead atoms. The number of benzene rings is 2. The highest BCUT2D eigenvalue weighted by atomic mass is 19.1. The van der Waals surface area contributed by atoms with Crippen molar-refractivity contribution >= 4 is 17.3 Å². The number of anilines is 2. The summed E-state index contributed by atoms with van der Waals surface area (Å²) in [5.74, 6) is -0.304. The molecule has 104 valence electrons. The summed E-state index contributed by atoms with van der Waals surface area (Å²) in [5, 5.41) is 5.87. The average Bonchev–Trinajstić information content (AvgIpc) is 2.41. The minimum Gasteiger partial charge on any atom is -0.381 e. The third-order valence-corrected chi connectivity index (χ3v) is 2.94. The van der Waals surface area contributed by atoms with E-state index in [9.17, 15) is 9.18 Å². The molecule has 4 heteroatoms. The molecule has 0 aromatic heterocycles. The van der Waals surface area contributed by atoms with Gasteiger partial charge in [0, 0.05) is 24.8 Å². The molecule has 2 rings (SSSR count). The molecular weight excluding hydrogens is 255 g/mol. The van der Waals surface area contributed by atoms with Crippen LogP contribution in [0.25, 0.3) is 0 Å². The summed E-state index contributed by atoms with van der Waals surface area (Å²) < 4.78 is 13.4. The van der Waals surface area contributed by atoms with Gasteiger partial charge in [0.05, 0.1) is 0 Å². The summed E-state index contributed by atoms with van der Waals surface area (Å²) in [7, 11) is 0. The highest BCUT2D eigenvalue weighted by Crippen LogP contribution is 2.15. The van der Waals surface area contributed by atoms with Gasteiger partial charge in [-0.25, -0.2) is 4.39 Å². The van der Waals surface area contributed by atoms with E-state index in [4.69, 9.17) is 0 Å². The Hall–Kier alpha value is -2.36. The molecule has 1 amide bonds. The van der Waals surface area contributed by atoms with Crippen molar-refractivity contribution in [3.8, 4) is 0 Å². The fourth-order valence-corrected chi connectivity index (χ4v) is 1.82. The number of halogens is 1. The number of aryl methyl sites for hydroxylation is 1. The highest BCUT2D eigenvalue weighted by molar-refractivity contribution is 5.88. The van der Waals surface area contributed by atoms with Crippen molar-refractivity contribution in [2.45, 2.75) is 20.4 Å². The van der Waals surface area contributed by atoms with Crippen LogP contribution in [0.4, 0.5) is 15.8 Å². The molecule has 0 heterocycles. The zero-order valence-corrected chi connectivity index (χ0v) is 11.5. The topological polar surface area (TPSA) is 41.1 Å². The van der Waals surface area contributed by atoms with Gasteiger partial charge in [-0.2, -0.15) is 0 Å². The van der Waals surface area contributed by atoms with Gasteiger partial charge in [0.15, 0.2) is 0 Å². The Bertz CT molecular complexity index is 608. The molecule has 0 aliphatic rings. The van der Waals surface area contributed by atoms with Crippen LogP contribution < -0.4 is 10.6 Å². The van der Waals surface area contributed by atoms with E-state index in [1.165, 1.54) is 13.0 Å². The van der Waals surface area contributed by atoms with Crippen LogP contribution in [0.2, 0.25) is 0 Å². The molecule has 0 fully saturated rings. The number of hydrogen-bond donors (Lipinski definition) is 2. The van der Waals surface area contributed by atoms with Crippen LogP contribution in [0.15, 0.2) is 42.5 Å². The number of hydrogen-bond acceptors (Lipinski definition) is 2. The van der Waals surface area contributed by atoms with Crippen molar-refractivity contribution in [1.82, 2.24) is 0 Å². The standard InChI is InChI=1S/C16H17FN2O/c1-11-3-6-15(9-16(11)17)18-10-13-4-7-14(8-5-13)19-12(2)20/h3-9,18H,10H2,1-2H3,(H,19,20). The highest BCUT2D eigenvalue weighted by Gasteiger charge is 2.00. The van der Waals surface area contributed by atoms with E-state index in [0.717, 1.165) is 16.9 Å². The molecule has 0 atom stereocenters. The zero-order chi connectivity index (χ0) is 14.5. The van der Waals surface area contributed by atoms with Gasteiger partial charge in [0.25, 0.3) is 0 Å². The lowest BCUT2D eigenvalue weighted by Gasteiger charge is -2.08. The molecular formula is C16H17FN2O. The van der Waals surface area contributed by atoms with Crippen LogP contribution in [-0.2, 0) is 11.3 Å². The molecule has 0 saturated heterocycles. The summed E-state index contributed by atoms with van der Waals surface area (Å²) in [4.78, 5) is 10.9. The van der Waals surface area contributed by atoms with Crippen LogP contribution >= 0.6 is 0 Å². The Morgan fingerprint density at radius 2 is 1.75 bits per heavy atom. The van der Waals surface area contributed by atoms with Gasteiger partial charge in [-0.1, -0.05) is 18.2 Å². The number of carbonyl (C=O) groups is 1. The van der Waals surface area contributed by atoms with E-state index in [1.807, 2.05) is 30.3 Å². The first kappa shape index (κ1) is 14.1. The van der Waals surface area contributed by atoms with Gasteiger partial charge in [0.2, 0.25) is 5.91 Å². The van der Waals surface area contributed by atoms with Crippen LogP contribution in [-0.4, -0.2) is 5.91 Å². The number of rotatable bonds is 4. The van der Waals surface area contributed by atoms with Crippen molar-refractivity contribution in [3.05, 3.63) is 59.4 Å². The summed E-state index contributed by atoms with van der Waals surface area (Å²) >= 11 is 0. The van der Waals surface area contributed by atoms with Gasteiger partial charge < -0.3 is 10.6 Å². The van der Waals surface area contributed by atoms with Gasteiger partial charge in [-0.3, -0.25) is 4.79 Å². The molecule has 2 aromatic carbocycles. The van der Waals surface area contributed by atoms with Crippen molar-refractivity contribution in [2.75, 3.05) is 10.6 Å². The lowest BCUT2D eigenvalue weighted by atomic mass is 10.2. The maximum absolute atomic E-state index is 13.4. The van der Waals surface area contributed by atoms with Crippen LogP contribution in [0.3, 0.4) is 0 Å². The number of amides is 1. The summed E-state index contributed by atoms with van der Waals surface area (Å²) in [5.41, 5.74) is 3.21. The summed E-state index contributed by atoms with van der Waals surface area (Å²) in [6, 6.07) is 12.6. The lowest BCUT2D eigenvalue weighted by molar-refractivity contribution is -0.114. The van der Waals surface area contributed by atoms with Crippen molar-refractivity contribution < 1.29 is 9.18 Å². The predicted molar refractivity (Wildman–Crippen MR) is 79.2 cm³/mol. The second-order valence-electron chi connectivity index (χ2n) is 4.70. The second-order valence-corrected chi connectivity index (χ2v) is 4.70. The van der Waals surface area contributed by atoms with Crippen LogP contribution in [0, 0.1) is 12.7 Å². The molecule has 2 N–H and O–H groups in total. The van der Waals surface area contributed by atoms with Crippen molar-refractivity contribution in [2.24, 2.45) is 0 Å². The van der Waals surface area contributed by atoms with E-state index in [-0.39, 0.29) is 11.7 Å². The minimum atomic E-state index is -0.212. The number of carbonyl (C=O) groups excluding carboxylic acids is 1. The maximum atomic E-state index is 13.4.